The van der Waals surface area contributed by atoms with Crippen LogP contribution in [0.15, 0.2) is 24.3 Å². The van der Waals surface area contributed by atoms with Crippen LogP contribution in [-0.2, 0) is 26.8 Å². The van der Waals surface area contributed by atoms with Crippen LogP contribution in [-0.4, -0.2) is 27.3 Å². The van der Waals surface area contributed by atoms with E-state index >= 15 is 0 Å². The van der Waals surface area contributed by atoms with E-state index in [1.165, 1.54) is 25.7 Å². The molecule has 0 fully saturated rings. The Bertz CT molecular complexity index is 517. The number of hydrogen-bond donors (Lipinski definition) is 0. The molecule has 162 valence electrons. The number of ether oxygens (including phenoxy) is 3. The summed E-state index contributed by atoms with van der Waals surface area (Å²) >= 11 is 0. The van der Waals surface area contributed by atoms with Crippen LogP contribution in [0.3, 0.4) is 0 Å². The van der Waals surface area contributed by atoms with Gasteiger partial charge in [0.2, 0.25) is 0 Å². The molecule has 1 unspecified atom stereocenters. The maximum Gasteiger partial charge on any atom is 0.416 e. The van der Waals surface area contributed by atoms with Gasteiger partial charge in [-0.15, -0.1) is 0 Å². The van der Waals surface area contributed by atoms with Gasteiger partial charge in [0.15, 0.2) is 0 Å². The number of aryl methyl sites for hydroxylation is 1. The molecule has 0 radical (unpaired) electrons. The molecule has 1 aromatic rings. The number of benzene rings is 1. The van der Waals surface area contributed by atoms with Crippen molar-refractivity contribution in [2.24, 2.45) is 5.92 Å². The highest BCUT2D eigenvalue weighted by Crippen LogP contribution is 2.33. The molecule has 0 N–H and O–H groups in total. The van der Waals surface area contributed by atoms with E-state index in [4.69, 9.17) is 14.2 Å². The van der Waals surface area contributed by atoms with Gasteiger partial charge in [0.1, 0.15) is 0 Å². The lowest BCUT2D eigenvalue weighted by molar-refractivity contribution is -0.380. The maximum absolute atomic E-state index is 12.7. The second-order valence-corrected chi connectivity index (χ2v) is 7.20. The summed E-state index contributed by atoms with van der Waals surface area (Å²) in [6.07, 6.45) is 5.02. The summed E-state index contributed by atoms with van der Waals surface area (Å²) in [7, 11) is 4.66. The second kappa shape index (κ2) is 12.5. The van der Waals surface area contributed by atoms with Crippen LogP contribution in [0.2, 0.25) is 0 Å². The Morgan fingerprint density at radius 3 is 1.82 bits per heavy atom. The Kier molecular flexibility index (Phi) is 11.1. The van der Waals surface area contributed by atoms with Gasteiger partial charge in [-0.25, -0.2) is 0 Å². The third kappa shape index (κ3) is 7.72. The zero-order valence-electron chi connectivity index (χ0n) is 17.6. The minimum Gasteiger partial charge on any atom is -0.331 e. The van der Waals surface area contributed by atoms with Crippen molar-refractivity contribution in [3.8, 4) is 0 Å². The number of unbranched alkanes of at least 4 members (excludes halogenated alkanes) is 5. The van der Waals surface area contributed by atoms with Crippen LogP contribution in [0.4, 0.5) is 13.2 Å². The lowest BCUT2D eigenvalue weighted by atomic mass is 9.91. The third-order valence-electron chi connectivity index (χ3n) is 5.32. The Morgan fingerprint density at radius 2 is 1.32 bits per heavy atom. The van der Waals surface area contributed by atoms with Crippen molar-refractivity contribution in [1.29, 1.82) is 0 Å². The average Bonchev–Trinajstić information content (AvgIpc) is 2.69. The van der Waals surface area contributed by atoms with Crippen molar-refractivity contribution in [3.63, 3.8) is 0 Å². The van der Waals surface area contributed by atoms with Crippen molar-refractivity contribution in [2.75, 3.05) is 21.3 Å². The minimum absolute atomic E-state index is 0.0130. The van der Waals surface area contributed by atoms with E-state index in [1.807, 2.05) is 0 Å². The van der Waals surface area contributed by atoms with E-state index < -0.39 is 17.7 Å². The van der Waals surface area contributed by atoms with Crippen molar-refractivity contribution < 1.29 is 27.4 Å². The standard InChI is InChI=1S/C22H35F3O3/c1-5-6-7-8-9-10-11-20(22(26-2,27-3)28-4)17-14-18-12-15-19(16-13-18)21(23,24)25/h12-13,15-16,20H,5-11,14,17H2,1-4H3. The lowest BCUT2D eigenvalue weighted by Gasteiger charge is -2.36. The van der Waals surface area contributed by atoms with Crippen molar-refractivity contribution in [1.82, 2.24) is 0 Å². The summed E-state index contributed by atoms with van der Waals surface area (Å²) in [5, 5.41) is 0. The minimum atomic E-state index is -4.31. The molecule has 0 aliphatic rings. The average molecular weight is 405 g/mol. The van der Waals surface area contributed by atoms with Gasteiger partial charge < -0.3 is 14.2 Å². The van der Waals surface area contributed by atoms with Gasteiger partial charge in [-0.1, -0.05) is 57.6 Å². The number of hydrogen-bond acceptors (Lipinski definition) is 3. The zero-order valence-corrected chi connectivity index (χ0v) is 17.6. The molecule has 0 bridgehead atoms. The first-order valence-electron chi connectivity index (χ1n) is 10.1. The van der Waals surface area contributed by atoms with E-state index in [-0.39, 0.29) is 5.92 Å². The van der Waals surface area contributed by atoms with E-state index in [0.717, 1.165) is 37.0 Å². The third-order valence-corrected chi connectivity index (χ3v) is 5.32. The van der Waals surface area contributed by atoms with E-state index in [9.17, 15) is 13.2 Å². The van der Waals surface area contributed by atoms with Crippen LogP contribution in [0, 0.1) is 5.92 Å². The quantitative estimate of drug-likeness (QED) is 0.258. The van der Waals surface area contributed by atoms with Gasteiger partial charge >= 0.3 is 6.18 Å². The molecule has 1 aromatic carbocycles. The molecule has 0 heterocycles. The highest BCUT2D eigenvalue weighted by atomic mass is 19.4. The molecular formula is C22H35F3O3. The van der Waals surface area contributed by atoms with Gasteiger partial charge in [0.05, 0.1) is 5.56 Å². The molecule has 0 amide bonds. The van der Waals surface area contributed by atoms with Gasteiger partial charge in [0, 0.05) is 27.2 Å². The van der Waals surface area contributed by atoms with Gasteiger partial charge in [-0.05, 0) is 37.0 Å². The van der Waals surface area contributed by atoms with E-state index in [0.29, 0.717) is 12.8 Å². The summed E-state index contributed by atoms with van der Waals surface area (Å²) in [4.78, 5) is 0. The molecule has 3 nitrogen and oxygen atoms in total. The Labute approximate surface area is 167 Å². The van der Waals surface area contributed by atoms with Gasteiger partial charge in [-0.2, -0.15) is 13.2 Å². The maximum atomic E-state index is 12.7. The highest BCUT2D eigenvalue weighted by Gasteiger charge is 2.39. The molecule has 0 saturated carbocycles. The summed E-state index contributed by atoms with van der Waals surface area (Å²) < 4.78 is 54.8. The van der Waals surface area contributed by atoms with Crippen LogP contribution in [0.5, 0.6) is 0 Å². The Hall–Kier alpha value is -1.11. The molecule has 0 aliphatic heterocycles. The number of rotatable bonds is 14. The fourth-order valence-corrected chi connectivity index (χ4v) is 3.62. The topological polar surface area (TPSA) is 27.7 Å². The number of methoxy groups -OCH3 is 3. The number of alkyl halides is 3. The molecule has 1 atom stereocenters. The first kappa shape index (κ1) is 24.9. The molecule has 1 rings (SSSR count). The fraction of sp³-hybridized carbons (Fsp3) is 0.727. The summed E-state index contributed by atoms with van der Waals surface area (Å²) in [6, 6.07) is 5.35. The van der Waals surface area contributed by atoms with Crippen LogP contribution >= 0.6 is 0 Å². The first-order chi connectivity index (χ1) is 13.3. The van der Waals surface area contributed by atoms with Crippen LogP contribution in [0.1, 0.15) is 69.4 Å². The zero-order chi connectivity index (χ0) is 21.0. The second-order valence-electron chi connectivity index (χ2n) is 7.20. The van der Waals surface area contributed by atoms with Crippen LogP contribution < -0.4 is 0 Å². The van der Waals surface area contributed by atoms with E-state index in [2.05, 4.69) is 6.92 Å². The molecule has 28 heavy (non-hydrogen) atoms. The molecule has 0 spiro atoms. The summed E-state index contributed by atoms with van der Waals surface area (Å²) in [6.45, 7) is 2.20. The molecule has 0 saturated heterocycles. The highest BCUT2D eigenvalue weighted by molar-refractivity contribution is 5.24. The predicted octanol–water partition coefficient (Wildman–Crippen LogP) is 6.60. The van der Waals surface area contributed by atoms with Gasteiger partial charge in [-0.3, -0.25) is 0 Å². The lowest BCUT2D eigenvalue weighted by Crippen LogP contribution is -2.44. The van der Waals surface area contributed by atoms with Crippen LogP contribution in [0.25, 0.3) is 0 Å². The fourth-order valence-electron chi connectivity index (χ4n) is 3.62. The SMILES string of the molecule is CCCCCCCCC(CCc1ccc(C(F)(F)F)cc1)C(OC)(OC)OC. The predicted molar refractivity (Wildman–Crippen MR) is 105 cm³/mol. The first-order valence-corrected chi connectivity index (χ1v) is 10.1. The monoisotopic (exact) mass is 404 g/mol. The van der Waals surface area contributed by atoms with E-state index in [1.54, 1.807) is 33.5 Å². The molecule has 0 aliphatic carbocycles. The molecular weight excluding hydrogens is 369 g/mol. The smallest absolute Gasteiger partial charge is 0.331 e. The van der Waals surface area contributed by atoms with Crippen molar-refractivity contribution in [3.05, 3.63) is 35.4 Å². The Morgan fingerprint density at radius 1 is 0.786 bits per heavy atom. The Balaban J connectivity index is 2.71. The summed E-state index contributed by atoms with van der Waals surface area (Å²) in [5.41, 5.74) is 0.234. The largest absolute Gasteiger partial charge is 0.416 e. The summed E-state index contributed by atoms with van der Waals surface area (Å²) in [5.74, 6) is -1.14. The van der Waals surface area contributed by atoms with Crippen molar-refractivity contribution in [2.45, 2.75) is 76.9 Å². The molecule has 6 heteroatoms. The van der Waals surface area contributed by atoms with Gasteiger partial charge in [0.25, 0.3) is 5.97 Å². The van der Waals surface area contributed by atoms with Crippen molar-refractivity contribution >= 4 is 0 Å². The molecule has 0 aromatic heterocycles. The number of halogens is 3. The normalized spacial score (nSPS) is 13.7.